The highest BCUT2D eigenvalue weighted by atomic mass is 35.5. The fraction of sp³-hybridized carbons (Fsp3) is 0.462. The molecule has 2 unspecified atom stereocenters. The molecule has 2 rings (SSSR count). The molecule has 1 fully saturated rings. The second-order valence-corrected chi connectivity index (χ2v) is 5.00. The van der Waals surface area contributed by atoms with Crippen molar-refractivity contribution in [2.75, 3.05) is 5.32 Å². The molecule has 1 heterocycles. The number of hydrogen-bond acceptors (Lipinski definition) is 3. The molecule has 0 radical (unpaired) electrons. The van der Waals surface area contributed by atoms with E-state index >= 15 is 0 Å². The van der Waals surface area contributed by atoms with Gasteiger partial charge in [-0.15, -0.1) is 0 Å². The molecule has 5 heteroatoms. The fourth-order valence-electron chi connectivity index (χ4n) is 2.13. The van der Waals surface area contributed by atoms with Gasteiger partial charge in [0.25, 0.3) is 0 Å². The Bertz CT molecular complexity index is 424. The first-order chi connectivity index (χ1) is 8.69. The average Bonchev–Trinajstić information content (AvgIpc) is 2.78. The number of halogens is 1. The Morgan fingerprint density at radius 1 is 1.50 bits per heavy atom. The Labute approximate surface area is 112 Å². The van der Waals surface area contributed by atoms with E-state index in [0.29, 0.717) is 11.1 Å². The van der Waals surface area contributed by atoms with E-state index in [1.165, 1.54) is 0 Å². The third kappa shape index (κ3) is 3.45. The SMILES string of the molecule is CCCC1CC(C(=O)Nc2cccc(Cl)c2)NN1. The van der Waals surface area contributed by atoms with Gasteiger partial charge < -0.3 is 5.32 Å². The number of rotatable bonds is 4. The topological polar surface area (TPSA) is 53.2 Å². The zero-order valence-corrected chi connectivity index (χ0v) is 11.1. The van der Waals surface area contributed by atoms with Crippen LogP contribution in [0.1, 0.15) is 26.2 Å². The summed E-state index contributed by atoms with van der Waals surface area (Å²) in [5.41, 5.74) is 6.91. The number of hydrogen-bond donors (Lipinski definition) is 3. The van der Waals surface area contributed by atoms with Crippen LogP contribution in [-0.2, 0) is 4.79 Å². The number of hydrazine groups is 1. The van der Waals surface area contributed by atoms with Crippen molar-refractivity contribution in [1.29, 1.82) is 0 Å². The predicted octanol–water partition coefficient (Wildman–Crippen LogP) is 2.31. The minimum absolute atomic E-state index is 0.0247. The highest BCUT2D eigenvalue weighted by Gasteiger charge is 2.28. The Morgan fingerprint density at radius 3 is 3.06 bits per heavy atom. The Balaban J connectivity index is 1.89. The highest BCUT2D eigenvalue weighted by Crippen LogP contribution is 2.16. The highest BCUT2D eigenvalue weighted by molar-refractivity contribution is 6.30. The lowest BCUT2D eigenvalue weighted by Gasteiger charge is -2.10. The predicted molar refractivity (Wildman–Crippen MR) is 73.5 cm³/mol. The van der Waals surface area contributed by atoms with Gasteiger partial charge in [-0.25, -0.2) is 5.43 Å². The van der Waals surface area contributed by atoms with Gasteiger partial charge in [0.05, 0.1) is 0 Å². The van der Waals surface area contributed by atoms with Crippen LogP contribution >= 0.6 is 11.6 Å². The lowest BCUT2D eigenvalue weighted by atomic mass is 10.1. The molecule has 1 aliphatic rings. The van der Waals surface area contributed by atoms with E-state index in [2.05, 4.69) is 23.1 Å². The number of nitrogens with one attached hydrogen (secondary N) is 3. The van der Waals surface area contributed by atoms with Gasteiger partial charge in [0.15, 0.2) is 0 Å². The van der Waals surface area contributed by atoms with E-state index in [1.54, 1.807) is 12.1 Å². The van der Waals surface area contributed by atoms with Crippen molar-refractivity contribution in [3.63, 3.8) is 0 Å². The minimum atomic E-state index is -0.180. The van der Waals surface area contributed by atoms with Gasteiger partial charge in [0.1, 0.15) is 6.04 Å². The third-order valence-corrected chi connectivity index (χ3v) is 3.26. The van der Waals surface area contributed by atoms with Crippen LogP contribution < -0.4 is 16.2 Å². The monoisotopic (exact) mass is 267 g/mol. The quantitative estimate of drug-likeness (QED) is 0.785. The van der Waals surface area contributed by atoms with Crippen LogP contribution in [0.3, 0.4) is 0 Å². The lowest BCUT2D eigenvalue weighted by Crippen LogP contribution is -2.40. The molecule has 4 nitrogen and oxygen atoms in total. The molecule has 3 N–H and O–H groups in total. The van der Waals surface area contributed by atoms with Crippen LogP contribution in [0.5, 0.6) is 0 Å². The molecule has 0 bridgehead atoms. The molecule has 1 aromatic rings. The summed E-state index contributed by atoms with van der Waals surface area (Å²) in [7, 11) is 0. The maximum atomic E-state index is 12.0. The summed E-state index contributed by atoms with van der Waals surface area (Å²) < 4.78 is 0. The maximum Gasteiger partial charge on any atom is 0.242 e. The summed E-state index contributed by atoms with van der Waals surface area (Å²) >= 11 is 5.87. The van der Waals surface area contributed by atoms with E-state index in [0.717, 1.165) is 24.9 Å². The Morgan fingerprint density at radius 2 is 2.33 bits per heavy atom. The standard InChI is InChI=1S/C13H18ClN3O/c1-2-4-11-8-12(17-16-11)13(18)15-10-6-3-5-9(14)7-10/h3,5-7,11-12,16-17H,2,4,8H2,1H3,(H,15,18). The van der Waals surface area contributed by atoms with E-state index < -0.39 is 0 Å². The first-order valence-corrected chi connectivity index (χ1v) is 6.64. The number of benzene rings is 1. The van der Waals surface area contributed by atoms with E-state index in [4.69, 9.17) is 11.6 Å². The van der Waals surface area contributed by atoms with E-state index in [9.17, 15) is 4.79 Å². The normalized spacial score (nSPS) is 23.0. The molecule has 2 atom stereocenters. The van der Waals surface area contributed by atoms with Crippen LogP contribution in [0.15, 0.2) is 24.3 Å². The first-order valence-electron chi connectivity index (χ1n) is 6.26. The minimum Gasteiger partial charge on any atom is -0.325 e. The molecule has 1 amide bonds. The molecular formula is C13H18ClN3O. The molecule has 98 valence electrons. The first kappa shape index (κ1) is 13.3. The van der Waals surface area contributed by atoms with Gasteiger partial charge in [-0.2, -0.15) is 0 Å². The van der Waals surface area contributed by atoms with Gasteiger partial charge in [0.2, 0.25) is 5.91 Å². The van der Waals surface area contributed by atoms with Crippen molar-refractivity contribution in [3.05, 3.63) is 29.3 Å². The summed E-state index contributed by atoms with van der Waals surface area (Å²) in [5, 5.41) is 3.48. The summed E-state index contributed by atoms with van der Waals surface area (Å²) in [6.07, 6.45) is 3.01. The van der Waals surface area contributed by atoms with Gasteiger partial charge in [-0.1, -0.05) is 31.0 Å². The van der Waals surface area contributed by atoms with Gasteiger partial charge in [0, 0.05) is 16.8 Å². The number of carbonyl (C=O) groups excluding carboxylic acids is 1. The molecule has 18 heavy (non-hydrogen) atoms. The zero-order chi connectivity index (χ0) is 13.0. The van der Waals surface area contributed by atoms with E-state index in [1.807, 2.05) is 12.1 Å². The van der Waals surface area contributed by atoms with Crippen molar-refractivity contribution < 1.29 is 4.79 Å². The fourth-order valence-corrected chi connectivity index (χ4v) is 2.32. The van der Waals surface area contributed by atoms with Gasteiger partial charge in [-0.3, -0.25) is 10.2 Å². The lowest BCUT2D eigenvalue weighted by molar-refractivity contribution is -0.117. The molecule has 0 spiro atoms. The van der Waals surface area contributed by atoms with Gasteiger partial charge >= 0.3 is 0 Å². The van der Waals surface area contributed by atoms with Crippen molar-refractivity contribution >= 4 is 23.2 Å². The Hall–Kier alpha value is -1.10. The molecule has 0 saturated carbocycles. The molecule has 0 aromatic heterocycles. The second-order valence-electron chi connectivity index (χ2n) is 4.56. The summed E-state index contributed by atoms with van der Waals surface area (Å²) in [6.45, 7) is 2.14. The van der Waals surface area contributed by atoms with Crippen LogP contribution in [0.4, 0.5) is 5.69 Å². The maximum absolute atomic E-state index is 12.0. The van der Waals surface area contributed by atoms with Crippen molar-refractivity contribution in [1.82, 2.24) is 10.9 Å². The smallest absolute Gasteiger partial charge is 0.242 e. The second kappa shape index (κ2) is 6.18. The molecule has 1 aromatic carbocycles. The van der Waals surface area contributed by atoms with Crippen LogP contribution in [0.25, 0.3) is 0 Å². The number of amides is 1. The van der Waals surface area contributed by atoms with Crippen molar-refractivity contribution in [2.45, 2.75) is 38.3 Å². The Kier molecular flexibility index (Phi) is 4.58. The molecule has 1 aliphatic heterocycles. The van der Waals surface area contributed by atoms with Crippen molar-refractivity contribution in [3.8, 4) is 0 Å². The van der Waals surface area contributed by atoms with Crippen molar-refractivity contribution in [2.24, 2.45) is 0 Å². The molecule has 1 saturated heterocycles. The largest absolute Gasteiger partial charge is 0.325 e. The number of carbonyl (C=O) groups is 1. The third-order valence-electron chi connectivity index (χ3n) is 3.03. The van der Waals surface area contributed by atoms with Gasteiger partial charge in [-0.05, 0) is 31.0 Å². The van der Waals surface area contributed by atoms with Crippen LogP contribution in [-0.4, -0.2) is 18.0 Å². The van der Waals surface area contributed by atoms with E-state index in [-0.39, 0.29) is 11.9 Å². The summed E-state index contributed by atoms with van der Waals surface area (Å²) in [4.78, 5) is 12.0. The average molecular weight is 268 g/mol. The summed E-state index contributed by atoms with van der Waals surface area (Å²) in [6, 6.07) is 7.37. The zero-order valence-electron chi connectivity index (χ0n) is 10.4. The van der Waals surface area contributed by atoms with Crippen LogP contribution in [0.2, 0.25) is 5.02 Å². The molecule has 0 aliphatic carbocycles. The summed E-state index contributed by atoms with van der Waals surface area (Å²) in [5.74, 6) is -0.0247. The van der Waals surface area contributed by atoms with Crippen LogP contribution in [0, 0.1) is 0 Å². The number of anilines is 1. The molecular weight excluding hydrogens is 250 g/mol.